The maximum atomic E-state index is 16.6. The van der Waals surface area contributed by atoms with E-state index in [1.807, 2.05) is 90.4 Å². The van der Waals surface area contributed by atoms with Gasteiger partial charge in [0.25, 0.3) is 11.8 Å². The number of aromatic amines is 2. The molecule has 6 fully saturated rings. The van der Waals surface area contributed by atoms with Crippen LogP contribution < -0.4 is 21.3 Å². The fourth-order valence-corrected chi connectivity index (χ4v) is 20.1. The first kappa shape index (κ1) is 90.0. The minimum absolute atomic E-state index is 0.00981. The number of aliphatic carboxylic acids is 1. The third-order valence-corrected chi connectivity index (χ3v) is 27.1. The minimum atomic E-state index is -3.27. The Labute approximate surface area is 744 Å². The van der Waals surface area contributed by atoms with Gasteiger partial charge in [-0.2, -0.15) is 17.6 Å². The molecule has 7 N–H and O–H groups in total. The molecule has 32 heteroatoms. The summed E-state index contributed by atoms with van der Waals surface area (Å²) < 4.78 is 95.5. The van der Waals surface area contributed by atoms with Crippen molar-refractivity contribution in [1.82, 2.24) is 55.9 Å². The van der Waals surface area contributed by atoms with E-state index in [1.54, 1.807) is 67.5 Å². The van der Waals surface area contributed by atoms with Gasteiger partial charge in [-0.05, 0) is 205 Å². The quantitative estimate of drug-likeness (QED) is 0.0275. The number of nitrogens with one attached hydrogen (secondary N) is 6. The number of halogens is 4. The Hall–Kier alpha value is -12.3. The van der Waals surface area contributed by atoms with Crippen molar-refractivity contribution in [3.8, 4) is 67.0 Å². The van der Waals surface area contributed by atoms with E-state index < -0.39 is 66.4 Å². The van der Waals surface area contributed by atoms with E-state index in [2.05, 4.69) is 45.9 Å². The third-order valence-electron chi connectivity index (χ3n) is 27.1. The van der Waals surface area contributed by atoms with Gasteiger partial charge in [0.05, 0.1) is 81.7 Å². The van der Waals surface area contributed by atoms with Gasteiger partial charge in [-0.3, -0.25) is 24.4 Å². The number of alkyl carbamates (subject to hydrolysis) is 4. The van der Waals surface area contributed by atoms with Crippen LogP contribution in [0.2, 0.25) is 0 Å². The number of methoxy groups -OCH3 is 4. The number of aromatic nitrogens is 4. The van der Waals surface area contributed by atoms with Crippen molar-refractivity contribution in [1.29, 1.82) is 0 Å². The summed E-state index contributed by atoms with van der Waals surface area (Å²) >= 11 is 0. The molecule has 8 aromatic rings. The molecule has 1 saturated carbocycles. The zero-order chi connectivity index (χ0) is 90.9. The normalized spacial score (nSPS) is 20.2. The molecule has 0 bridgehead atoms. The molecular formula is C97H109F4N13O15. The number of likely N-dealkylation sites (tertiary alicyclic amines) is 3. The lowest BCUT2D eigenvalue weighted by atomic mass is 9.90. The maximum Gasteiger partial charge on any atom is 0.407 e. The summed E-state index contributed by atoms with van der Waals surface area (Å²) in [7, 11) is 5.03. The summed E-state index contributed by atoms with van der Waals surface area (Å²) in [6.07, 6.45) is 13.7. The van der Waals surface area contributed by atoms with Gasteiger partial charge in [-0.25, -0.2) is 33.9 Å². The molecule has 2 aromatic heterocycles. The molecule has 3 aliphatic carbocycles. The van der Waals surface area contributed by atoms with Crippen molar-refractivity contribution < 1.29 is 89.4 Å². The number of carbonyl (C=O) groups excluding carboxylic acids is 7. The fraction of sp³-hybridized carbons (Fsp3) is 0.464. The molecule has 7 amide bonds. The van der Waals surface area contributed by atoms with E-state index >= 15 is 17.6 Å². The summed E-state index contributed by atoms with van der Waals surface area (Å²) in [5.74, 6) is -6.51. The predicted octanol–water partition coefficient (Wildman–Crippen LogP) is 16.4. The molecule has 680 valence electrons. The summed E-state index contributed by atoms with van der Waals surface area (Å²) in [6.45, 7) is 10.9. The topological polar surface area (TPSA) is 352 Å². The third kappa shape index (κ3) is 18.4. The molecule has 18 rings (SSSR count). The Morgan fingerprint density at radius 2 is 0.775 bits per heavy atom. The Morgan fingerprint density at radius 3 is 1.18 bits per heavy atom. The van der Waals surface area contributed by atoms with Gasteiger partial charge in [-0.1, -0.05) is 101 Å². The number of fused-ring (bicyclic) bond motifs is 8. The number of imidazole rings is 2. The van der Waals surface area contributed by atoms with Crippen LogP contribution in [0.1, 0.15) is 175 Å². The smallest absolute Gasteiger partial charge is 0.407 e. The number of rotatable bonds is 20. The van der Waals surface area contributed by atoms with Crippen LogP contribution in [-0.4, -0.2) is 210 Å². The van der Waals surface area contributed by atoms with Crippen LogP contribution in [0, 0.1) is 23.7 Å². The second-order valence-electron chi connectivity index (χ2n) is 35.5. The van der Waals surface area contributed by atoms with E-state index in [-0.39, 0.29) is 81.8 Å². The molecular weight excluding hydrogens is 1660 g/mol. The second kappa shape index (κ2) is 38.2. The molecule has 6 aromatic carbocycles. The number of carboxylic acids is 1. The zero-order valence-corrected chi connectivity index (χ0v) is 73.5. The molecule has 28 nitrogen and oxygen atoms in total. The Kier molecular flexibility index (Phi) is 26.6. The average molecular weight is 1770 g/mol. The molecule has 7 aliphatic heterocycles. The van der Waals surface area contributed by atoms with Crippen molar-refractivity contribution in [2.45, 2.75) is 190 Å². The lowest BCUT2D eigenvalue weighted by molar-refractivity contribution is -0.140. The number of hydrogen-bond acceptors (Lipinski definition) is 18. The first-order valence-corrected chi connectivity index (χ1v) is 44.7. The monoisotopic (exact) mass is 1770 g/mol. The van der Waals surface area contributed by atoms with E-state index in [9.17, 15) is 38.4 Å². The molecule has 129 heavy (non-hydrogen) atoms. The fourth-order valence-electron chi connectivity index (χ4n) is 20.1. The largest absolute Gasteiger partial charge is 0.480 e. The van der Waals surface area contributed by atoms with Crippen LogP contribution in [0.5, 0.6) is 0 Å². The lowest BCUT2D eigenvalue weighted by Gasteiger charge is -2.34. The van der Waals surface area contributed by atoms with Gasteiger partial charge in [0.1, 0.15) is 35.8 Å². The van der Waals surface area contributed by atoms with E-state index in [4.69, 9.17) is 38.8 Å². The zero-order valence-electron chi connectivity index (χ0n) is 73.5. The van der Waals surface area contributed by atoms with E-state index in [1.165, 1.54) is 47.3 Å². The summed E-state index contributed by atoms with van der Waals surface area (Å²) in [5, 5.41) is 19.1. The van der Waals surface area contributed by atoms with Gasteiger partial charge < -0.3 is 79.5 Å². The molecule has 0 spiro atoms. The predicted molar refractivity (Wildman–Crippen MR) is 473 cm³/mol. The summed E-state index contributed by atoms with van der Waals surface area (Å²) in [6, 6.07) is 28.8. The Morgan fingerprint density at radius 1 is 0.426 bits per heavy atom. The number of carbonyl (C=O) groups is 8. The van der Waals surface area contributed by atoms with Crippen LogP contribution in [0.15, 0.2) is 132 Å². The highest BCUT2D eigenvalue weighted by atomic mass is 19.3. The number of carboxylic acid groups (broad SMARTS) is 1. The van der Waals surface area contributed by atoms with Crippen molar-refractivity contribution in [3.63, 3.8) is 0 Å². The highest BCUT2D eigenvalue weighted by Gasteiger charge is 2.49. The number of hydrogen-bond donors (Lipinski definition) is 7. The van der Waals surface area contributed by atoms with Gasteiger partial charge in [0, 0.05) is 110 Å². The number of aliphatic imine (C=N–C) groups is 2. The molecule has 7 atom stereocenters. The standard InChI is InChI=1S/C48H53F2N7O7.C42H43F2N5O4.C7H13NO4/c1-26(2)41(54-46(60)62-3)44(58)57-18-6-8-40(57)43-51-25-38(53-43)30-10-13-33-32-12-9-29(22-34(32)48(49,50)35(33)23-30)28-11-14-36-31(21-28)24-37(52-36)39-7-5-17-56(39)45(59)42(55-47(61)63-4)27-15-19-64-20-16-27;1-52-41(51)48-38(24-14-17-53-18-15-24)40(50)49-16-4-7-37(49)35-22-29-19-26(10-13-34(29)46-35)27-8-11-30-31-12-9-28(21-33(31)42(43,44)32(30)20-27)36-23-45-39(47-36)25-5-2-3-6-25;1-4(2)5(6(9)10)8-7(11)12-3/h9-14,21-23,25-27,39-42H,5-8,15-20,24H2,1-4H3,(H,51,53)(H,54,60)(H,55,61);8-13,19-21,23-25,37-38H,2-7,14-18,22H2,1H3,(H,45,47)(H,48,51);4-5H,1-3H3,(H,8,11)(H,9,10)/t39-,40-,41-,42-;37-,38?;5-/m000/s1. The number of amides is 7. The van der Waals surface area contributed by atoms with E-state index in [0.717, 1.165) is 102 Å². The lowest BCUT2D eigenvalue weighted by Crippen LogP contribution is -2.55. The first-order valence-electron chi connectivity index (χ1n) is 44.7. The van der Waals surface area contributed by atoms with Crippen LogP contribution in [0.4, 0.5) is 48.1 Å². The molecule has 0 radical (unpaired) electrons. The SMILES string of the molecule is COC(=O)NC(C(=O)N1CCC[C@H]1C1=Nc2ccc(-c3ccc4c(c3)C(F)(F)c3cc(-c5cnc(C6CCCC6)[nH]5)ccc3-4)cc2C1)C1CCOCC1.COC(=O)N[C@H](C(=O)N1CCC[C@H]1c1ncc(-c2ccc3c(c2)C(F)(F)c2cc(-c4ccc5c(c4)CC([C@@H]4CCCN4C(=O)[C@@H](NC(=O)OC)C4CCOCC4)=N5)ccc2-3)[nH]1)C(C)C.COC(=O)N[C@H](C(=O)O)C(C)C. The minimum Gasteiger partial charge on any atom is -0.480 e. The second-order valence-corrected chi connectivity index (χ2v) is 35.5. The first-order chi connectivity index (χ1) is 62.1. The number of alkyl halides is 4. The highest BCUT2D eigenvalue weighted by Crippen LogP contribution is 2.55. The number of H-pyrrole nitrogens is 2. The van der Waals surface area contributed by atoms with E-state index in [0.29, 0.717) is 153 Å². The number of nitrogens with zero attached hydrogens (tertiary/aromatic N) is 7. The van der Waals surface area contributed by atoms with Crippen LogP contribution in [-0.2, 0) is 72.3 Å². The Bertz CT molecular complexity index is 5670. The number of benzene rings is 6. The Balaban J connectivity index is 0.000000170. The highest BCUT2D eigenvalue weighted by molar-refractivity contribution is 6.03. The van der Waals surface area contributed by atoms with Gasteiger partial charge >= 0.3 is 30.3 Å². The van der Waals surface area contributed by atoms with Gasteiger partial charge in [0.2, 0.25) is 17.7 Å². The van der Waals surface area contributed by atoms with Crippen molar-refractivity contribution >= 4 is 70.9 Å². The van der Waals surface area contributed by atoms with Crippen molar-refractivity contribution in [3.05, 3.63) is 167 Å². The van der Waals surface area contributed by atoms with Gasteiger partial charge in [0.15, 0.2) is 0 Å². The van der Waals surface area contributed by atoms with Crippen LogP contribution >= 0.6 is 0 Å². The summed E-state index contributed by atoms with van der Waals surface area (Å²) in [4.78, 5) is 131. The van der Waals surface area contributed by atoms with Crippen molar-refractivity contribution in [2.24, 2.45) is 33.7 Å². The van der Waals surface area contributed by atoms with Gasteiger partial charge in [-0.15, -0.1) is 0 Å². The van der Waals surface area contributed by atoms with Crippen molar-refractivity contribution in [2.75, 3.05) is 74.5 Å². The van der Waals surface area contributed by atoms with Crippen LogP contribution in [0.3, 0.4) is 0 Å². The summed E-state index contributed by atoms with van der Waals surface area (Å²) in [5.41, 5.74) is 12.9. The maximum absolute atomic E-state index is 16.6. The molecule has 9 heterocycles. The average Bonchev–Trinajstić information content (AvgIpc) is 1.58. The molecule has 10 aliphatic rings. The van der Waals surface area contributed by atoms with Crippen LogP contribution in [0.25, 0.3) is 67.0 Å². The number of ether oxygens (including phenoxy) is 6. The molecule has 5 saturated heterocycles. The molecule has 1 unspecified atom stereocenters.